The lowest BCUT2D eigenvalue weighted by Gasteiger charge is -2.36. The van der Waals surface area contributed by atoms with Crippen molar-refractivity contribution < 1.29 is 33.4 Å². The highest BCUT2D eigenvalue weighted by Crippen LogP contribution is 2.29. The normalized spacial score (nSPS) is 21.8. The smallest absolute Gasteiger partial charge is 0.322 e. The maximum atomic E-state index is 13.7. The van der Waals surface area contributed by atoms with Crippen LogP contribution in [-0.2, 0) is 14.3 Å². The van der Waals surface area contributed by atoms with Crippen molar-refractivity contribution in [3.05, 3.63) is 35.6 Å². The Morgan fingerprint density at radius 1 is 0.972 bits per heavy atom. The van der Waals surface area contributed by atoms with Crippen LogP contribution in [0.25, 0.3) is 0 Å². The van der Waals surface area contributed by atoms with Crippen molar-refractivity contribution in [2.75, 3.05) is 39.4 Å². The molecular weight excluding hydrogens is 471 g/mol. The number of hydrogen-bond donors (Lipinski definition) is 2. The molecule has 2 heterocycles. The van der Waals surface area contributed by atoms with E-state index in [0.29, 0.717) is 26.3 Å². The van der Waals surface area contributed by atoms with E-state index in [1.807, 2.05) is 0 Å². The van der Waals surface area contributed by atoms with Crippen LogP contribution in [0.2, 0.25) is 0 Å². The third-order valence-corrected chi connectivity index (χ3v) is 7.23. The van der Waals surface area contributed by atoms with E-state index in [-0.39, 0.29) is 37.0 Å². The molecule has 1 saturated carbocycles. The molecule has 3 fully saturated rings. The first kappa shape index (κ1) is 25.9. The third kappa shape index (κ3) is 5.95. The molecule has 4 rings (SSSR count). The fraction of sp³-hybridized carbons (Fsp3) is 0.600. The van der Waals surface area contributed by atoms with Crippen LogP contribution in [0.4, 0.5) is 9.18 Å². The SMILES string of the molecule is O=C(O)CC(NC(=O)C1N(C(=O)c2ccc(F)cc2)CCN1C(=O)N1CCOCC1)C1CCCCC1. The molecule has 3 aliphatic rings. The highest BCUT2D eigenvalue weighted by Gasteiger charge is 2.45. The topological polar surface area (TPSA) is 119 Å². The van der Waals surface area contributed by atoms with E-state index in [9.17, 15) is 28.7 Å². The molecule has 1 aromatic carbocycles. The van der Waals surface area contributed by atoms with Crippen LogP contribution in [0.1, 0.15) is 48.9 Å². The summed E-state index contributed by atoms with van der Waals surface area (Å²) < 4.78 is 18.8. The van der Waals surface area contributed by atoms with Gasteiger partial charge >= 0.3 is 12.0 Å². The molecule has 0 spiro atoms. The standard InChI is InChI=1S/C25H33FN4O6/c26-19-8-6-18(7-9-19)24(34)29-10-11-30(25(35)28-12-14-36-15-13-28)23(29)22(33)27-20(16-21(31)32)17-4-2-1-3-5-17/h6-9,17,20,23H,1-5,10-16H2,(H,27,33)(H,31,32). The molecule has 0 bridgehead atoms. The molecule has 2 saturated heterocycles. The van der Waals surface area contributed by atoms with Crippen LogP contribution in [0, 0.1) is 11.7 Å². The summed E-state index contributed by atoms with van der Waals surface area (Å²) in [6.45, 7) is 1.79. The van der Waals surface area contributed by atoms with Crippen LogP contribution in [0.5, 0.6) is 0 Å². The van der Waals surface area contributed by atoms with Gasteiger partial charge in [0, 0.05) is 37.8 Å². The summed E-state index contributed by atoms with van der Waals surface area (Å²) in [5.74, 6) is -2.57. The largest absolute Gasteiger partial charge is 0.481 e. The Bertz CT molecular complexity index is 962. The van der Waals surface area contributed by atoms with E-state index in [4.69, 9.17) is 4.74 Å². The third-order valence-electron chi connectivity index (χ3n) is 7.23. The monoisotopic (exact) mass is 504 g/mol. The van der Waals surface area contributed by atoms with Gasteiger partial charge in [-0.25, -0.2) is 9.18 Å². The molecule has 2 atom stereocenters. The summed E-state index contributed by atoms with van der Waals surface area (Å²) in [5.41, 5.74) is 0.198. The summed E-state index contributed by atoms with van der Waals surface area (Å²) in [6, 6.07) is 4.05. The Hall–Kier alpha value is -3.21. The van der Waals surface area contributed by atoms with Gasteiger partial charge in [0.2, 0.25) is 0 Å². The van der Waals surface area contributed by atoms with Crippen LogP contribution in [-0.4, -0.2) is 95.2 Å². The number of carboxylic acid groups (broad SMARTS) is 1. The van der Waals surface area contributed by atoms with Crippen LogP contribution < -0.4 is 5.32 Å². The zero-order valence-corrected chi connectivity index (χ0v) is 20.2. The minimum absolute atomic E-state index is 0.0184. The predicted molar refractivity (Wildman–Crippen MR) is 126 cm³/mol. The molecule has 1 aromatic rings. The number of nitrogens with one attached hydrogen (secondary N) is 1. The number of carboxylic acids is 1. The minimum atomic E-state index is -1.24. The number of rotatable bonds is 6. The summed E-state index contributed by atoms with van der Waals surface area (Å²) in [5, 5.41) is 12.4. The van der Waals surface area contributed by atoms with Crippen molar-refractivity contribution in [2.24, 2.45) is 5.92 Å². The van der Waals surface area contributed by atoms with Gasteiger partial charge in [0.1, 0.15) is 5.82 Å². The molecule has 2 N–H and O–H groups in total. The second kappa shape index (κ2) is 11.7. The predicted octanol–water partition coefficient (Wildman–Crippen LogP) is 1.90. The van der Waals surface area contributed by atoms with Gasteiger partial charge < -0.3 is 25.0 Å². The van der Waals surface area contributed by atoms with Gasteiger partial charge in [0.05, 0.1) is 19.6 Å². The molecular formula is C25H33FN4O6. The van der Waals surface area contributed by atoms with E-state index in [1.165, 1.54) is 34.1 Å². The number of ether oxygens (including phenoxy) is 1. The molecule has 4 amide bonds. The van der Waals surface area contributed by atoms with Gasteiger partial charge in [-0.15, -0.1) is 0 Å². The number of morpholine rings is 1. The lowest BCUT2D eigenvalue weighted by molar-refractivity contribution is -0.138. The number of aliphatic carboxylic acids is 1. The molecule has 196 valence electrons. The van der Waals surface area contributed by atoms with Gasteiger partial charge in [0.25, 0.3) is 11.8 Å². The highest BCUT2D eigenvalue weighted by molar-refractivity contribution is 5.99. The number of amides is 4. The van der Waals surface area contributed by atoms with Crippen LogP contribution >= 0.6 is 0 Å². The van der Waals surface area contributed by atoms with E-state index in [1.54, 1.807) is 4.90 Å². The quantitative estimate of drug-likeness (QED) is 0.611. The lowest BCUT2D eigenvalue weighted by atomic mass is 9.82. The zero-order chi connectivity index (χ0) is 25.7. The zero-order valence-electron chi connectivity index (χ0n) is 20.2. The molecule has 2 unspecified atom stereocenters. The molecule has 36 heavy (non-hydrogen) atoms. The summed E-state index contributed by atoms with van der Waals surface area (Å²) in [6.07, 6.45) is 3.18. The Morgan fingerprint density at radius 3 is 2.25 bits per heavy atom. The molecule has 0 aromatic heterocycles. The van der Waals surface area contributed by atoms with E-state index in [0.717, 1.165) is 32.1 Å². The first-order chi connectivity index (χ1) is 17.3. The van der Waals surface area contributed by atoms with Crippen molar-refractivity contribution in [3.63, 3.8) is 0 Å². The Balaban J connectivity index is 1.59. The van der Waals surface area contributed by atoms with Crippen molar-refractivity contribution in [1.82, 2.24) is 20.0 Å². The molecule has 10 nitrogen and oxygen atoms in total. The maximum Gasteiger partial charge on any atom is 0.322 e. The highest BCUT2D eigenvalue weighted by atomic mass is 19.1. The second-order valence-corrected chi connectivity index (χ2v) is 9.57. The molecule has 11 heteroatoms. The number of halogens is 1. The molecule has 1 aliphatic carbocycles. The maximum absolute atomic E-state index is 13.7. The average Bonchev–Trinajstić information content (AvgIpc) is 3.34. The second-order valence-electron chi connectivity index (χ2n) is 9.57. The first-order valence-electron chi connectivity index (χ1n) is 12.6. The van der Waals surface area contributed by atoms with Crippen LogP contribution in [0.3, 0.4) is 0 Å². The minimum Gasteiger partial charge on any atom is -0.481 e. The van der Waals surface area contributed by atoms with E-state index >= 15 is 0 Å². The van der Waals surface area contributed by atoms with Gasteiger partial charge in [-0.3, -0.25) is 19.3 Å². The molecule has 2 aliphatic heterocycles. The number of urea groups is 1. The van der Waals surface area contributed by atoms with E-state index < -0.39 is 35.8 Å². The van der Waals surface area contributed by atoms with E-state index in [2.05, 4.69) is 5.32 Å². The van der Waals surface area contributed by atoms with Gasteiger partial charge in [-0.05, 0) is 43.0 Å². The first-order valence-corrected chi connectivity index (χ1v) is 12.6. The van der Waals surface area contributed by atoms with Crippen molar-refractivity contribution in [2.45, 2.75) is 50.7 Å². The van der Waals surface area contributed by atoms with Crippen molar-refractivity contribution in [1.29, 1.82) is 0 Å². The summed E-state index contributed by atoms with van der Waals surface area (Å²) >= 11 is 0. The van der Waals surface area contributed by atoms with Gasteiger partial charge in [-0.2, -0.15) is 0 Å². The Labute approximate surface area is 209 Å². The van der Waals surface area contributed by atoms with Crippen molar-refractivity contribution in [3.8, 4) is 0 Å². The fourth-order valence-corrected chi connectivity index (χ4v) is 5.34. The summed E-state index contributed by atoms with van der Waals surface area (Å²) in [7, 11) is 0. The van der Waals surface area contributed by atoms with Gasteiger partial charge in [0.15, 0.2) is 6.17 Å². The molecule has 0 radical (unpaired) electrons. The number of hydrogen-bond acceptors (Lipinski definition) is 5. The van der Waals surface area contributed by atoms with Crippen molar-refractivity contribution >= 4 is 23.8 Å². The van der Waals surface area contributed by atoms with Crippen LogP contribution in [0.15, 0.2) is 24.3 Å². The Kier molecular flexibility index (Phi) is 8.40. The van der Waals surface area contributed by atoms with Gasteiger partial charge in [-0.1, -0.05) is 19.3 Å². The summed E-state index contributed by atoms with van der Waals surface area (Å²) in [4.78, 5) is 56.2. The average molecular weight is 505 g/mol. The Morgan fingerprint density at radius 2 is 1.61 bits per heavy atom. The lowest BCUT2D eigenvalue weighted by Crippen LogP contribution is -2.59. The number of carbonyl (C=O) groups is 4. The fourth-order valence-electron chi connectivity index (χ4n) is 5.34. The number of benzene rings is 1. The number of nitrogens with zero attached hydrogens (tertiary/aromatic N) is 3. The number of carbonyl (C=O) groups excluding carboxylic acids is 3.